The monoisotopic (exact) mass is 512 g/mol. The van der Waals surface area contributed by atoms with E-state index < -0.39 is 0 Å². The van der Waals surface area contributed by atoms with Crippen molar-refractivity contribution in [1.29, 1.82) is 0 Å². The molecule has 0 unspecified atom stereocenters. The molecule has 8 heteroatoms. The van der Waals surface area contributed by atoms with E-state index >= 15 is 0 Å². The summed E-state index contributed by atoms with van der Waals surface area (Å²) >= 11 is 11.0. The van der Waals surface area contributed by atoms with Gasteiger partial charge in [-0.3, -0.25) is 9.36 Å². The second-order valence-electron chi connectivity index (χ2n) is 6.80. The van der Waals surface area contributed by atoms with E-state index in [1.165, 1.54) is 11.8 Å². The Morgan fingerprint density at radius 2 is 1.84 bits per heavy atom. The molecule has 1 N–H and O–H groups in total. The van der Waals surface area contributed by atoms with Gasteiger partial charge in [-0.15, -0.1) is 10.2 Å². The van der Waals surface area contributed by atoms with Crippen molar-refractivity contribution >= 4 is 50.9 Å². The molecule has 0 fully saturated rings. The Balaban J connectivity index is 1.62. The first-order valence-electron chi connectivity index (χ1n) is 9.47. The highest BCUT2D eigenvalue weighted by molar-refractivity contribution is 9.10. The van der Waals surface area contributed by atoms with Crippen LogP contribution in [0.4, 0.5) is 5.69 Å². The predicted octanol–water partition coefficient (Wildman–Crippen LogP) is 6.39. The predicted molar refractivity (Wildman–Crippen MR) is 130 cm³/mol. The molecular formula is C23H18BrClN4OS. The van der Waals surface area contributed by atoms with E-state index in [-0.39, 0.29) is 11.7 Å². The molecule has 3 aromatic carbocycles. The summed E-state index contributed by atoms with van der Waals surface area (Å²) < 4.78 is 2.78. The fraction of sp³-hybridized carbons (Fsp3) is 0.0870. The Kier molecular flexibility index (Phi) is 6.75. The third-order valence-corrected chi connectivity index (χ3v) is 6.34. The SMILES string of the molecule is Cc1ccc(-n2c(SCC(=O)Nc3ccccc3Br)nnc2-c2cccc(Cl)c2)cc1. The molecule has 0 atom stereocenters. The van der Waals surface area contributed by atoms with E-state index in [4.69, 9.17) is 11.6 Å². The van der Waals surface area contributed by atoms with Crippen molar-refractivity contribution in [3.05, 3.63) is 87.9 Å². The van der Waals surface area contributed by atoms with Crippen LogP contribution in [0.3, 0.4) is 0 Å². The molecule has 0 saturated carbocycles. The first kappa shape index (κ1) is 21.6. The van der Waals surface area contributed by atoms with Gasteiger partial charge in [-0.25, -0.2) is 0 Å². The summed E-state index contributed by atoms with van der Waals surface area (Å²) in [4.78, 5) is 12.5. The average molecular weight is 514 g/mol. The fourth-order valence-electron chi connectivity index (χ4n) is 2.98. The number of amides is 1. The summed E-state index contributed by atoms with van der Waals surface area (Å²) in [6.07, 6.45) is 0. The number of halogens is 2. The van der Waals surface area contributed by atoms with Crippen LogP contribution in [0.5, 0.6) is 0 Å². The van der Waals surface area contributed by atoms with Gasteiger partial charge in [-0.05, 0) is 59.3 Å². The molecule has 1 heterocycles. The first-order valence-corrected chi connectivity index (χ1v) is 11.6. The van der Waals surface area contributed by atoms with Crippen molar-refractivity contribution in [1.82, 2.24) is 14.8 Å². The summed E-state index contributed by atoms with van der Waals surface area (Å²) in [6, 6.07) is 23.1. The largest absolute Gasteiger partial charge is 0.324 e. The summed E-state index contributed by atoms with van der Waals surface area (Å²) in [6.45, 7) is 2.04. The average Bonchev–Trinajstić information content (AvgIpc) is 3.18. The molecule has 1 amide bonds. The normalized spacial score (nSPS) is 10.8. The van der Waals surface area contributed by atoms with Crippen molar-refractivity contribution in [2.75, 3.05) is 11.1 Å². The van der Waals surface area contributed by atoms with Gasteiger partial charge in [0.05, 0.1) is 11.4 Å². The molecule has 5 nitrogen and oxygen atoms in total. The molecule has 0 saturated heterocycles. The molecule has 4 aromatic rings. The number of para-hydroxylation sites is 1. The van der Waals surface area contributed by atoms with Crippen molar-refractivity contribution in [2.24, 2.45) is 0 Å². The standard InChI is InChI=1S/C23H18BrClN4OS/c1-15-9-11-18(12-10-15)29-22(16-5-4-6-17(25)13-16)27-28-23(29)31-14-21(30)26-20-8-3-2-7-19(20)24/h2-13H,14H2,1H3,(H,26,30). The fourth-order valence-corrected chi connectivity index (χ4v) is 4.31. The van der Waals surface area contributed by atoms with Crippen molar-refractivity contribution in [2.45, 2.75) is 12.1 Å². The molecule has 0 aliphatic heterocycles. The van der Waals surface area contributed by atoms with Gasteiger partial charge in [0.2, 0.25) is 5.91 Å². The van der Waals surface area contributed by atoms with Crippen LogP contribution in [-0.2, 0) is 4.79 Å². The van der Waals surface area contributed by atoms with E-state index in [0.29, 0.717) is 16.0 Å². The second kappa shape index (κ2) is 9.68. The van der Waals surface area contributed by atoms with E-state index in [2.05, 4.69) is 31.4 Å². The van der Waals surface area contributed by atoms with Gasteiger partial charge in [-0.2, -0.15) is 0 Å². The quantitative estimate of drug-likeness (QED) is 0.304. The number of nitrogens with zero attached hydrogens (tertiary/aromatic N) is 3. The minimum Gasteiger partial charge on any atom is -0.324 e. The maximum atomic E-state index is 12.5. The summed E-state index contributed by atoms with van der Waals surface area (Å²) in [5.74, 6) is 0.737. The van der Waals surface area contributed by atoms with E-state index in [1.54, 1.807) is 0 Å². The lowest BCUT2D eigenvalue weighted by atomic mass is 10.2. The third kappa shape index (κ3) is 5.18. The van der Waals surface area contributed by atoms with Crippen LogP contribution in [0.2, 0.25) is 5.02 Å². The summed E-state index contributed by atoms with van der Waals surface area (Å²) in [5.41, 5.74) is 3.65. The van der Waals surface area contributed by atoms with E-state index in [9.17, 15) is 4.79 Å². The van der Waals surface area contributed by atoms with Gasteiger partial charge >= 0.3 is 0 Å². The Bertz CT molecular complexity index is 1230. The third-order valence-electron chi connectivity index (χ3n) is 4.49. The molecule has 0 radical (unpaired) electrons. The highest BCUT2D eigenvalue weighted by Gasteiger charge is 2.18. The molecular weight excluding hydrogens is 496 g/mol. The number of hydrogen-bond donors (Lipinski definition) is 1. The Labute approximate surface area is 198 Å². The number of anilines is 1. The highest BCUT2D eigenvalue weighted by Crippen LogP contribution is 2.30. The van der Waals surface area contributed by atoms with Crippen molar-refractivity contribution in [3.8, 4) is 17.1 Å². The lowest BCUT2D eigenvalue weighted by Crippen LogP contribution is -2.15. The number of rotatable bonds is 6. The molecule has 0 aliphatic rings. The number of thioether (sulfide) groups is 1. The van der Waals surface area contributed by atoms with E-state index in [1.807, 2.05) is 84.3 Å². The van der Waals surface area contributed by atoms with Crippen LogP contribution < -0.4 is 5.32 Å². The van der Waals surface area contributed by atoms with Crippen LogP contribution in [0.25, 0.3) is 17.1 Å². The lowest BCUT2D eigenvalue weighted by molar-refractivity contribution is -0.113. The van der Waals surface area contributed by atoms with Crippen LogP contribution in [0.1, 0.15) is 5.56 Å². The molecule has 0 spiro atoms. The zero-order valence-electron chi connectivity index (χ0n) is 16.5. The van der Waals surface area contributed by atoms with Crippen LogP contribution >= 0.6 is 39.3 Å². The summed E-state index contributed by atoms with van der Waals surface area (Å²) in [5, 5.41) is 12.9. The number of carbonyl (C=O) groups excluding carboxylic acids is 1. The Morgan fingerprint density at radius 1 is 1.06 bits per heavy atom. The number of aryl methyl sites for hydroxylation is 1. The maximum Gasteiger partial charge on any atom is 0.234 e. The van der Waals surface area contributed by atoms with E-state index in [0.717, 1.165) is 27.0 Å². The number of nitrogens with one attached hydrogen (secondary N) is 1. The molecule has 4 rings (SSSR count). The van der Waals surface area contributed by atoms with Gasteiger partial charge in [0.25, 0.3) is 0 Å². The number of carbonyl (C=O) groups is 1. The van der Waals surface area contributed by atoms with Crippen molar-refractivity contribution < 1.29 is 4.79 Å². The molecule has 0 aliphatic carbocycles. The number of aromatic nitrogens is 3. The highest BCUT2D eigenvalue weighted by atomic mass is 79.9. The maximum absolute atomic E-state index is 12.5. The van der Waals surface area contributed by atoms with Crippen molar-refractivity contribution in [3.63, 3.8) is 0 Å². The number of benzene rings is 3. The van der Waals surface area contributed by atoms with Crippen LogP contribution in [0, 0.1) is 6.92 Å². The summed E-state index contributed by atoms with van der Waals surface area (Å²) in [7, 11) is 0. The van der Waals surface area contributed by atoms with Gasteiger partial charge in [-0.1, -0.05) is 65.3 Å². The zero-order valence-corrected chi connectivity index (χ0v) is 19.7. The minimum absolute atomic E-state index is 0.125. The second-order valence-corrected chi connectivity index (χ2v) is 9.04. The lowest BCUT2D eigenvalue weighted by Gasteiger charge is -2.11. The van der Waals surface area contributed by atoms with Crippen LogP contribution in [0.15, 0.2) is 82.4 Å². The van der Waals surface area contributed by atoms with Gasteiger partial charge in [0, 0.05) is 20.7 Å². The van der Waals surface area contributed by atoms with Gasteiger partial charge < -0.3 is 5.32 Å². The Hall–Kier alpha value is -2.61. The molecule has 0 bridgehead atoms. The molecule has 156 valence electrons. The molecule has 31 heavy (non-hydrogen) atoms. The Morgan fingerprint density at radius 3 is 2.58 bits per heavy atom. The zero-order chi connectivity index (χ0) is 21.8. The van der Waals surface area contributed by atoms with Gasteiger partial charge in [0.15, 0.2) is 11.0 Å². The minimum atomic E-state index is -0.125. The molecule has 1 aromatic heterocycles. The first-order chi connectivity index (χ1) is 15.0. The number of hydrogen-bond acceptors (Lipinski definition) is 4. The smallest absolute Gasteiger partial charge is 0.234 e. The van der Waals surface area contributed by atoms with Crippen LogP contribution in [-0.4, -0.2) is 26.4 Å². The topological polar surface area (TPSA) is 59.8 Å². The van der Waals surface area contributed by atoms with Gasteiger partial charge in [0.1, 0.15) is 0 Å².